The highest BCUT2D eigenvalue weighted by molar-refractivity contribution is 5.35. The molecule has 0 radical (unpaired) electrons. The molecule has 9 heteroatoms. The summed E-state index contributed by atoms with van der Waals surface area (Å²) in [5.41, 5.74) is -1.87. The molecular formula is C12H11F3N4O2. The molecule has 0 bridgehead atoms. The lowest BCUT2D eigenvalue weighted by Gasteiger charge is -2.09. The van der Waals surface area contributed by atoms with Gasteiger partial charge in [-0.15, -0.1) is 0 Å². The number of nitrogens with zero attached hydrogens (tertiary/aromatic N) is 2. The first-order valence-electron chi connectivity index (χ1n) is 5.93. The van der Waals surface area contributed by atoms with Gasteiger partial charge in [0.1, 0.15) is 5.82 Å². The lowest BCUT2D eigenvalue weighted by atomic mass is 10.3. The van der Waals surface area contributed by atoms with Crippen LogP contribution in [0.5, 0.6) is 0 Å². The Morgan fingerprint density at radius 3 is 2.57 bits per heavy atom. The number of aromatic amines is 1. The van der Waals surface area contributed by atoms with Crippen LogP contribution in [0.15, 0.2) is 40.2 Å². The third-order valence-corrected chi connectivity index (χ3v) is 2.65. The summed E-state index contributed by atoms with van der Waals surface area (Å²) in [4.78, 5) is 28.0. The van der Waals surface area contributed by atoms with E-state index < -0.39 is 23.0 Å². The molecule has 2 rings (SSSR count). The predicted molar refractivity (Wildman–Crippen MR) is 69.1 cm³/mol. The van der Waals surface area contributed by atoms with E-state index in [4.69, 9.17) is 0 Å². The maximum Gasteiger partial charge on any atom is 0.417 e. The van der Waals surface area contributed by atoms with E-state index in [-0.39, 0.29) is 18.9 Å². The van der Waals surface area contributed by atoms with Crippen LogP contribution in [-0.2, 0) is 12.7 Å². The fraction of sp³-hybridized carbons (Fsp3) is 0.250. The quantitative estimate of drug-likeness (QED) is 0.885. The first-order chi connectivity index (χ1) is 9.86. The van der Waals surface area contributed by atoms with Crippen LogP contribution >= 0.6 is 0 Å². The normalized spacial score (nSPS) is 11.4. The highest BCUT2D eigenvalue weighted by atomic mass is 19.4. The van der Waals surface area contributed by atoms with E-state index in [1.54, 1.807) is 0 Å². The number of rotatable bonds is 4. The molecule has 0 atom stereocenters. The van der Waals surface area contributed by atoms with Gasteiger partial charge in [-0.3, -0.25) is 14.3 Å². The van der Waals surface area contributed by atoms with Crippen LogP contribution in [0.1, 0.15) is 5.56 Å². The molecule has 2 aromatic rings. The molecule has 21 heavy (non-hydrogen) atoms. The molecule has 0 aliphatic rings. The standard InChI is InChI=1S/C12H11F3N4O2/c13-12(14,15)8-1-2-9(17-7-8)16-4-6-19-5-3-10(20)18-11(19)21/h1-3,5,7H,4,6H2,(H,16,17)(H,18,20,21). The fourth-order valence-electron chi connectivity index (χ4n) is 1.59. The average molecular weight is 300 g/mol. The number of pyridine rings is 1. The minimum absolute atomic E-state index is 0.234. The minimum Gasteiger partial charge on any atom is -0.368 e. The van der Waals surface area contributed by atoms with Gasteiger partial charge in [0, 0.05) is 31.5 Å². The van der Waals surface area contributed by atoms with Gasteiger partial charge in [0.25, 0.3) is 5.56 Å². The largest absolute Gasteiger partial charge is 0.417 e. The molecule has 0 unspecified atom stereocenters. The van der Waals surface area contributed by atoms with E-state index >= 15 is 0 Å². The SMILES string of the molecule is O=c1ccn(CCNc2ccc(C(F)(F)F)cn2)c(=O)[nH]1. The van der Waals surface area contributed by atoms with Gasteiger partial charge in [0.15, 0.2) is 0 Å². The van der Waals surface area contributed by atoms with Gasteiger partial charge in [-0.25, -0.2) is 9.78 Å². The Balaban J connectivity index is 1.94. The monoisotopic (exact) mass is 300 g/mol. The zero-order valence-electron chi connectivity index (χ0n) is 10.6. The number of halogens is 3. The lowest BCUT2D eigenvalue weighted by molar-refractivity contribution is -0.137. The summed E-state index contributed by atoms with van der Waals surface area (Å²) in [5.74, 6) is 0.264. The molecule has 112 valence electrons. The van der Waals surface area contributed by atoms with Crippen molar-refractivity contribution < 1.29 is 13.2 Å². The van der Waals surface area contributed by atoms with Crippen molar-refractivity contribution >= 4 is 5.82 Å². The van der Waals surface area contributed by atoms with Crippen molar-refractivity contribution in [2.45, 2.75) is 12.7 Å². The molecular weight excluding hydrogens is 289 g/mol. The number of alkyl halides is 3. The van der Waals surface area contributed by atoms with Gasteiger partial charge in [-0.1, -0.05) is 0 Å². The Hall–Kier alpha value is -2.58. The van der Waals surface area contributed by atoms with Crippen molar-refractivity contribution in [3.63, 3.8) is 0 Å². The van der Waals surface area contributed by atoms with Gasteiger partial charge in [-0.2, -0.15) is 13.2 Å². The molecule has 0 aliphatic carbocycles. The maximum atomic E-state index is 12.3. The van der Waals surface area contributed by atoms with Gasteiger partial charge < -0.3 is 5.32 Å². The van der Waals surface area contributed by atoms with Crippen molar-refractivity contribution in [3.8, 4) is 0 Å². The van der Waals surface area contributed by atoms with E-state index in [1.165, 1.54) is 22.9 Å². The molecule has 0 aliphatic heterocycles. The molecule has 0 spiro atoms. The van der Waals surface area contributed by atoms with Gasteiger partial charge in [0.2, 0.25) is 0 Å². The number of hydrogen-bond donors (Lipinski definition) is 2. The third-order valence-electron chi connectivity index (χ3n) is 2.65. The first-order valence-corrected chi connectivity index (χ1v) is 5.93. The minimum atomic E-state index is -4.42. The molecule has 6 nitrogen and oxygen atoms in total. The molecule has 0 aromatic carbocycles. The number of aromatic nitrogens is 3. The Morgan fingerprint density at radius 2 is 2.00 bits per heavy atom. The summed E-state index contributed by atoms with van der Waals surface area (Å²) in [7, 11) is 0. The molecule has 2 aromatic heterocycles. The maximum absolute atomic E-state index is 12.3. The van der Waals surface area contributed by atoms with E-state index in [1.807, 2.05) is 0 Å². The van der Waals surface area contributed by atoms with E-state index in [9.17, 15) is 22.8 Å². The van der Waals surface area contributed by atoms with Crippen LogP contribution in [0, 0.1) is 0 Å². The summed E-state index contributed by atoms with van der Waals surface area (Å²) in [5, 5.41) is 2.78. The number of hydrogen-bond acceptors (Lipinski definition) is 4. The van der Waals surface area contributed by atoms with E-state index in [0.29, 0.717) is 0 Å². The van der Waals surface area contributed by atoms with Crippen LogP contribution in [0.25, 0.3) is 0 Å². The highest BCUT2D eigenvalue weighted by Gasteiger charge is 2.30. The highest BCUT2D eigenvalue weighted by Crippen LogP contribution is 2.28. The van der Waals surface area contributed by atoms with Crippen LogP contribution in [0.2, 0.25) is 0 Å². The zero-order valence-corrected chi connectivity index (χ0v) is 10.6. The zero-order chi connectivity index (χ0) is 15.5. The third kappa shape index (κ3) is 3.94. The van der Waals surface area contributed by atoms with E-state index in [0.717, 1.165) is 12.3 Å². The van der Waals surface area contributed by atoms with Crippen LogP contribution in [0.4, 0.5) is 19.0 Å². The van der Waals surface area contributed by atoms with Gasteiger partial charge in [0.05, 0.1) is 5.56 Å². The Labute approximate surface area is 116 Å². The van der Waals surface area contributed by atoms with Crippen molar-refractivity contribution in [1.29, 1.82) is 0 Å². The molecule has 0 saturated heterocycles. The lowest BCUT2D eigenvalue weighted by Crippen LogP contribution is -2.30. The van der Waals surface area contributed by atoms with E-state index in [2.05, 4.69) is 15.3 Å². The summed E-state index contributed by atoms with van der Waals surface area (Å²) >= 11 is 0. The van der Waals surface area contributed by atoms with Crippen molar-refractivity contribution in [1.82, 2.24) is 14.5 Å². The van der Waals surface area contributed by atoms with Crippen LogP contribution in [-0.4, -0.2) is 21.1 Å². The second-order valence-electron chi connectivity index (χ2n) is 4.16. The average Bonchev–Trinajstić information content (AvgIpc) is 2.41. The van der Waals surface area contributed by atoms with Crippen LogP contribution in [0.3, 0.4) is 0 Å². The van der Waals surface area contributed by atoms with Crippen molar-refractivity contribution in [2.24, 2.45) is 0 Å². The number of H-pyrrole nitrogens is 1. The second kappa shape index (κ2) is 5.81. The second-order valence-corrected chi connectivity index (χ2v) is 4.16. The summed E-state index contributed by atoms with van der Waals surface area (Å²) in [6.45, 7) is 0.503. The summed E-state index contributed by atoms with van der Waals surface area (Å²) < 4.78 is 38.3. The smallest absolute Gasteiger partial charge is 0.368 e. The first kappa shape index (κ1) is 14.8. The molecule has 0 amide bonds. The Kier molecular flexibility index (Phi) is 4.10. The predicted octanol–water partition coefficient (Wildman–Crippen LogP) is 1.06. The number of nitrogens with one attached hydrogen (secondary N) is 2. The van der Waals surface area contributed by atoms with Gasteiger partial charge in [-0.05, 0) is 12.1 Å². The topological polar surface area (TPSA) is 79.8 Å². The van der Waals surface area contributed by atoms with Crippen molar-refractivity contribution in [3.05, 3.63) is 57.0 Å². The molecule has 0 fully saturated rings. The Morgan fingerprint density at radius 1 is 1.24 bits per heavy atom. The van der Waals surface area contributed by atoms with Crippen molar-refractivity contribution in [2.75, 3.05) is 11.9 Å². The van der Waals surface area contributed by atoms with Crippen LogP contribution < -0.4 is 16.6 Å². The summed E-state index contributed by atoms with van der Waals surface area (Å²) in [6.07, 6.45) is -2.35. The molecule has 2 N–H and O–H groups in total. The number of anilines is 1. The van der Waals surface area contributed by atoms with Gasteiger partial charge >= 0.3 is 11.9 Å². The molecule has 0 saturated carbocycles. The molecule has 2 heterocycles. The summed E-state index contributed by atoms with van der Waals surface area (Å²) in [6, 6.07) is 3.33. The Bertz CT molecular complexity index is 719. The fourth-order valence-corrected chi connectivity index (χ4v) is 1.59.